The molecule has 0 aliphatic heterocycles. The van der Waals surface area contributed by atoms with Gasteiger partial charge in [-0.25, -0.2) is 15.0 Å². The molecule has 8 rings (SSSR count). The van der Waals surface area contributed by atoms with Gasteiger partial charge < -0.3 is 4.57 Å². The largest absolute Gasteiger partial charge is 0.309 e. The summed E-state index contributed by atoms with van der Waals surface area (Å²) in [6.45, 7) is 0. The van der Waals surface area contributed by atoms with Crippen molar-refractivity contribution in [1.29, 1.82) is 5.26 Å². The molecule has 6 aromatic carbocycles. The minimum atomic E-state index is 0.574. The van der Waals surface area contributed by atoms with E-state index in [1.165, 1.54) is 0 Å². The van der Waals surface area contributed by atoms with E-state index in [2.05, 4.69) is 71.3 Å². The maximum atomic E-state index is 10.1. The molecule has 5 heteroatoms. The van der Waals surface area contributed by atoms with Gasteiger partial charge in [-0.2, -0.15) is 5.26 Å². The van der Waals surface area contributed by atoms with E-state index < -0.39 is 0 Å². The molecule has 5 nitrogen and oxygen atoms in total. The number of nitrogens with zero attached hydrogens (tertiary/aromatic N) is 5. The Balaban J connectivity index is 1.43. The van der Waals surface area contributed by atoms with Crippen LogP contribution in [0, 0.1) is 11.3 Å². The molecular weight excluding hydrogens is 550 g/mol. The molecule has 0 saturated heterocycles. The first kappa shape index (κ1) is 26.3. The number of nitriles is 1. The molecule has 0 atom stereocenters. The van der Waals surface area contributed by atoms with Crippen molar-refractivity contribution < 1.29 is 0 Å². The maximum Gasteiger partial charge on any atom is 0.164 e. The highest BCUT2D eigenvalue weighted by atomic mass is 15.0. The van der Waals surface area contributed by atoms with Gasteiger partial charge >= 0.3 is 0 Å². The van der Waals surface area contributed by atoms with Crippen molar-refractivity contribution in [3.05, 3.63) is 157 Å². The van der Waals surface area contributed by atoms with Gasteiger partial charge in [0.15, 0.2) is 17.5 Å². The van der Waals surface area contributed by atoms with E-state index in [9.17, 15) is 5.26 Å². The van der Waals surface area contributed by atoms with Crippen LogP contribution in [0.25, 0.3) is 72.8 Å². The smallest absolute Gasteiger partial charge is 0.164 e. The second kappa shape index (κ2) is 11.0. The summed E-state index contributed by atoms with van der Waals surface area (Å²) in [7, 11) is 0. The molecule has 0 aliphatic rings. The summed E-state index contributed by atoms with van der Waals surface area (Å²) < 4.78 is 2.29. The van der Waals surface area contributed by atoms with Gasteiger partial charge in [-0.1, -0.05) is 127 Å². The summed E-state index contributed by atoms with van der Waals surface area (Å²) in [4.78, 5) is 14.9. The topological polar surface area (TPSA) is 67.4 Å². The van der Waals surface area contributed by atoms with Crippen molar-refractivity contribution in [2.45, 2.75) is 0 Å². The maximum absolute atomic E-state index is 10.1. The Morgan fingerprint density at radius 3 is 1.51 bits per heavy atom. The van der Waals surface area contributed by atoms with Crippen LogP contribution in [0.2, 0.25) is 0 Å². The molecule has 2 heterocycles. The van der Waals surface area contributed by atoms with E-state index in [0.29, 0.717) is 23.0 Å². The third-order valence-electron chi connectivity index (χ3n) is 8.11. The highest BCUT2D eigenvalue weighted by molar-refractivity contribution is 6.09. The minimum absolute atomic E-state index is 0.574. The summed E-state index contributed by atoms with van der Waals surface area (Å²) in [6.07, 6.45) is 0. The van der Waals surface area contributed by atoms with Crippen LogP contribution in [-0.2, 0) is 0 Å². The Labute approximate surface area is 260 Å². The summed E-state index contributed by atoms with van der Waals surface area (Å²) >= 11 is 0. The van der Waals surface area contributed by atoms with E-state index in [1.54, 1.807) is 0 Å². The number of rotatable bonds is 5. The van der Waals surface area contributed by atoms with Crippen LogP contribution >= 0.6 is 0 Å². The zero-order valence-electron chi connectivity index (χ0n) is 24.2. The van der Waals surface area contributed by atoms with Crippen LogP contribution in [0.3, 0.4) is 0 Å². The Morgan fingerprint density at radius 2 is 0.933 bits per heavy atom. The number of benzene rings is 6. The van der Waals surface area contributed by atoms with Crippen molar-refractivity contribution in [3.63, 3.8) is 0 Å². The standard InChI is InChI=1S/C40H25N5/c41-26-30-17-7-8-18-31(30)34-24-23-29(25-37(34)45-35-21-11-9-19-32(35)33-20-10-12-22-36(33)45)40-43-38(27-13-3-1-4-14-27)42-39(44-40)28-15-5-2-6-16-28/h1-25H. The van der Waals surface area contributed by atoms with Crippen molar-refractivity contribution in [3.8, 4) is 57.0 Å². The molecule has 45 heavy (non-hydrogen) atoms. The zero-order valence-corrected chi connectivity index (χ0v) is 24.2. The average molecular weight is 576 g/mol. The fourth-order valence-electron chi connectivity index (χ4n) is 6.02. The lowest BCUT2D eigenvalue weighted by molar-refractivity contribution is 1.07. The number of hydrogen-bond donors (Lipinski definition) is 0. The first-order chi connectivity index (χ1) is 22.3. The van der Waals surface area contributed by atoms with Crippen molar-refractivity contribution in [1.82, 2.24) is 19.5 Å². The van der Waals surface area contributed by atoms with E-state index in [1.807, 2.05) is 91.0 Å². The highest BCUT2D eigenvalue weighted by Crippen LogP contribution is 2.39. The first-order valence-corrected chi connectivity index (χ1v) is 14.8. The summed E-state index contributed by atoms with van der Waals surface area (Å²) in [5.41, 5.74) is 8.22. The average Bonchev–Trinajstić information content (AvgIpc) is 3.46. The van der Waals surface area contributed by atoms with Crippen molar-refractivity contribution in [2.75, 3.05) is 0 Å². The molecule has 0 N–H and O–H groups in total. The number of aromatic nitrogens is 4. The van der Waals surface area contributed by atoms with E-state index in [-0.39, 0.29) is 0 Å². The molecular formula is C40H25N5. The summed E-state index contributed by atoms with van der Waals surface area (Å²) in [5, 5.41) is 12.4. The molecule has 0 amide bonds. The molecule has 0 unspecified atom stereocenters. The second-order valence-corrected chi connectivity index (χ2v) is 10.8. The molecule has 0 fully saturated rings. The normalized spacial score (nSPS) is 11.1. The van der Waals surface area contributed by atoms with Crippen molar-refractivity contribution in [2.24, 2.45) is 0 Å². The Morgan fingerprint density at radius 1 is 0.444 bits per heavy atom. The van der Waals surface area contributed by atoms with Gasteiger partial charge in [0, 0.05) is 38.6 Å². The van der Waals surface area contributed by atoms with Crippen LogP contribution in [0.1, 0.15) is 5.56 Å². The number of para-hydroxylation sites is 2. The molecule has 0 aliphatic carbocycles. The Hall–Kier alpha value is -6.38. The predicted molar refractivity (Wildman–Crippen MR) is 181 cm³/mol. The third-order valence-corrected chi connectivity index (χ3v) is 8.11. The Bertz CT molecular complexity index is 2270. The predicted octanol–water partition coefficient (Wildman–Crippen LogP) is 9.51. The van der Waals surface area contributed by atoms with Gasteiger partial charge in [-0.3, -0.25) is 0 Å². The molecule has 0 radical (unpaired) electrons. The third kappa shape index (κ3) is 4.62. The summed E-state index contributed by atoms with van der Waals surface area (Å²) in [5.74, 6) is 1.79. The number of hydrogen-bond acceptors (Lipinski definition) is 4. The zero-order chi connectivity index (χ0) is 30.2. The highest BCUT2D eigenvalue weighted by Gasteiger charge is 2.19. The van der Waals surface area contributed by atoms with Crippen LogP contribution < -0.4 is 0 Å². The lowest BCUT2D eigenvalue weighted by atomic mass is 9.96. The van der Waals surface area contributed by atoms with Gasteiger partial charge in [0.1, 0.15) is 0 Å². The van der Waals surface area contributed by atoms with Crippen LogP contribution in [0.5, 0.6) is 0 Å². The van der Waals surface area contributed by atoms with Gasteiger partial charge in [0.2, 0.25) is 0 Å². The van der Waals surface area contributed by atoms with Gasteiger partial charge in [-0.15, -0.1) is 0 Å². The van der Waals surface area contributed by atoms with E-state index in [0.717, 1.165) is 55.3 Å². The Kier molecular flexibility index (Phi) is 6.44. The SMILES string of the molecule is N#Cc1ccccc1-c1ccc(-c2nc(-c3ccccc3)nc(-c3ccccc3)n2)cc1-n1c2ccccc2c2ccccc21. The first-order valence-electron chi connectivity index (χ1n) is 14.8. The monoisotopic (exact) mass is 575 g/mol. The van der Waals surface area contributed by atoms with Gasteiger partial charge in [-0.05, 0) is 24.3 Å². The summed E-state index contributed by atoms with van der Waals surface area (Å²) in [6, 6.07) is 53.3. The van der Waals surface area contributed by atoms with Crippen LogP contribution in [0.4, 0.5) is 0 Å². The lowest BCUT2D eigenvalue weighted by Crippen LogP contribution is -2.02. The minimum Gasteiger partial charge on any atom is -0.309 e. The fraction of sp³-hybridized carbons (Fsp3) is 0. The lowest BCUT2D eigenvalue weighted by Gasteiger charge is -2.17. The van der Waals surface area contributed by atoms with Crippen molar-refractivity contribution >= 4 is 21.8 Å². The van der Waals surface area contributed by atoms with E-state index >= 15 is 0 Å². The van der Waals surface area contributed by atoms with Crippen LogP contribution in [0.15, 0.2) is 152 Å². The fourth-order valence-corrected chi connectivity index (χ4v) is 6.02. The molecule has 210 valence electrons. The molecule has 0 bridgehead atoms. The second-order valence-electron chi connectivity index (χ2n) is 10.8. The molecule has 0 spiro atoms. The molecule has 0 saturated carbocycles. The molecule has 2 aromatic heterocycles. The quantitative estimate of drug-likeness (QED) is 0.205. The number of fused-ring (bicyclic) bond motifs is 3. The molecule has 8 aromatic rings. The van der Waals surface area contributed by atoms with Gasteiger partial charge in [0.05, 0.1) is 28.4 Å². The van der Waals surface area contributed by atoms with Gasteiger partial charge in [0.25, 0.3) is 0 Å². The van der Waals surface area contributed by atoms with Crippen LogP contribution in [-0.4, -0.2) is 19.5 Å². The van der Waals surface area contributed by atoms with E-state index in [4.69, 9.17) is 15.0 Å².